The average Bonchev–Trinajstić information content (AvgIpc) is 3.45. The van der Waals surface area contributed by atoms with Crippen LogP contribution in [0.4, 0.5) is 18.9 Å². The predicted molar refractivity (Wildman–Crippen MR) is 164 cm³/mol. The summed E-state index contributed by atoms with van der Waals surface area (Å²) < 4.78 is 54.1. The van der Waals surface area contributed by atoms with Gasteiger partial charge >= 0.3 is 12.1 Å². The topological polar surface area (TPSA) is 85.6 Å². The van der Waals surface area contributed by atoms with E-state index in [9.17, 15) is 18.0 Å². The number of methoxy groups -OCH3 is 1. The lowest BCUT2D eigenvalue weighted by molar-refractivity contribution is -0.138. The Hall–Kier alpha value is -4.99. The minimum Gasteiger partial charge on any atom is -0.497 e. The number of halogens is 3. The van der Waals surface area contributed by atoms with E-state index in [1.807, 2.05) is 72.3 Å². The molecule has 0 saturated heterocycles. The highest BCUT2D eigenvalue weighted by Gasteiger charge is 2.32. The molecule has 0 radical (unpaired) electrons. The number of aromatic nitrogens is 2. The van der Waals surface area contributed by atoms with Crippen molar-refractivity contribution in [3.8, 4) is 34.0 Å². The summed E-state index contributed by atoms with van der Waals surface area (Å²) in [4.78, 5) is 10.9. The second-order valence-corrected chi connectivity index (χ2v) is 10.3. The summed E-state index contributed by atoms with van der Waals surface area (Å²) in [6.45, 7) is 4.32. The third kappa shape index (κ3) is 6.64. The molecule has 0 aliphatic carbocycles. The monoisotopic (exact) mass is 603 g/mol. The molecule has 5 rings (SSSR count). The van der Waals surface area contributed by atoms with Crippen molar-refractivity contribution < 1.29 is 32.5 Å². The second kappa shape index (κ2) is 12.7. The SMILES string of the molecule is CCOc1ccc(C(F)(F)F)cc1-c1cc(-c2ccc3cc(OC)ccc3c2)n(C(C)c2ccc(NCCC(=O)O)cc2)n1. The van der Waals surface area contributed by atoms with Gasteiger partial charge in [0, 0.05) is 23.4 Å². The number of carboxylic acid groups (broad SMARTS) is 1. The van der Waals surface area contributed by atoms with Crippen LogP contribution in [0.2, 0.25) is 0 Å². The Morgan fingerprint density at radius 2 is 1.70 bits per heavy atom. The first-order valence-corrected chi connectivity index (χ1v) is 14.1. The second-order valence-electron chi connectivity index (χ2n) is 10.3. The third-order valence-electron chi connectivity index (χ3n) is 7.39. The van der Waals surface area contributed by atoms with Crippen LogP contribution in [0.5, 0.6) is 11.5 Å². The van der Waals surface area contributed by atoms with Crippen LogP contribution in [0.15, 0.2) is 84.9 Å². The number of rotatable bonds is 11. The first-order chi connectivity index (χ1) is 21.1. The molecule has 1 atom stereocenters. The maximum Gasteiger partial charge on any atom is 0.416 e. The molecule has 2 N–H and O–H groups in total. The summed E-state index contributed by atoms with van der Waals surface area (Å²) >= 11 is 0. The number of hydrogen-bond donors (Lipinski definition) is 2. The van der Waals surface area contributed by atoms with Gasteiger partial charge in [-0.2, -0.15) is 18.3 Å². The van der Waals surface area contributed by atoms with E-state index in [1.165, 1.54) is 6.07 Å². The van der Waals surface area contributed by atoms with Crippen LogP contribution in [0.1, 0.15) is 37.4 Å². The number of carboxylic acids is 1. The largest absolute Gasteiger partial charge is 0.497 e. The number of carbonyl (C=O) groups is 1. The van der Waals surface area contributed by atoms with Crippen molar-refractivity contribution in [1.29, 1.82) is 0 Å². The van der Waals surface area contributed by atoms with Crippen molar-refractivity contribution in [2.75, 3.05) is 25.6 Å². The molecule has 0 fully saturated rings. The van der Waals surface area contributed by atoms with Gasteiger partial charge in [-0.05, 0) is 84.8 Å². The van der Waals surface area contributed by atoms with Crippen molar-refractivity contribution in [3.05, 3.63) is 96.1 Å². The van der Waals surface area contributed by atoms with E-state index in [4.69, 9.17) is 19.7 Å². The van der Waals surface area contributed by atoms with Crippen molar-refractivity contribution in [3.63, 3.8) is 0 Å². The zero-order valence-electron chi connectivity index (χ0n) is 24.5. The van der Waals surface area contributed by atoms with Crippen molar-refractivity contribution in [2.45, 2.75) is 32.5 Å². The normalized spacial score (nSPS) is 12.2. The van der Waals surface area contributed by atoms with Crippen LogP contribution in [-0.4, -0.2) is 41.1 Å². The molecule has 1 unspecified atom stereocenters. The number of anilines is 1. The molecule has 0 amide bonds. The molecule has 0 aliphatic heterocycles. The molecule has 228 valence electrons. The minimum absolute atomic E-state index is 0.00457. The smallest absolute Gasteiger partial charge is 0.416 e. The molecule has 7 nitrogen and oxygen atoms in total. The van der Waals surface area contributed by atoms with E-state index in [0.717, 1.165) is 45.5 Å². The molecular formula is C34H32F3N3O4. The van der Waals surface area contributed by atoms with E-state index in [0.29, 0.717) is 23.7 Å². The van der Waals surface area contributed by atoms with Crippen molar-refractivity contribution in [2.24, 2.45) is 0 Å². The zero-order chi connectivity index (χ0) is 31.4. The predicted octanol–water partition coefficient (Wildman–Crippen LogP) is 8.29. The van der Waals surface area contributed by atoms with E-state index in [2.05, 4.69) is 5.32 Å². The molecule has 1 heterocycles. The zero-order valence-corrected chi connectivity index (χ0v) is 24.5. The van der Waals surface area contributed by atoms with Gasteiger partial charge in [0.2, 0.25) is 0 Å². The highest BCUT2D eigenvalue weighted by atomic mass is 19.4. The standard InChI is InChI=1S/C34H32F3N3O4/c1-4-44-32-14-10-26(34(35,36)37)19-29(32)30-20-31(25-6-5-24-18-28(43-3)13-9-23(24)17-25)40(39-30)21(2)22-7-11-27(12-8-22)38-16-15-33(41)42/h5-14,17-21,38H,4,15-16H2,1-3H3,(H,41,42). The fraction of sp³-hybridized carbons (Fsp3) is 0.235. The average molecular weight is 604 g/mol. The Morgan fingerprint density at radius 3 is 2.39 bits per heavy atom. The lowest BCUT2D eigenvalue weighted by atomic mass is 10.0. The first-order valence-electron chi connectivity index (χ1n) is 14.1. The highest BCUT2D eigenvalue weighted by Crippen LogP contribution is 2.39. The maximum atomic E-state index is 13.7. The summed E-state index contributed by atoms with van der Waals surface area (Å²) in [5.41, 5.74) is 3.05. The molecular weight excluding hydrogens is 571 g/mol. The number of alkyl halides is 3. The van der Waals surface area contributed by atoms with E-state index >= 15 is 0 Å². The number of ether oxygens (including phenoxy) is 2. The Labute approximate surface area is 252 Å². The number of aliphatic carboxylic acids is 1. The first kappa shape index (κ1) is 30.5. The fourth-order valence-corrected chi connectivity index (χ4v) is 5.07. The molecule has 10 heteroatoms. The Bertz CT molecular complexity index is 1780. The summed E-state index contributed by atoms with van der Waals surface area (Å²) in [6.07, 6.45) is -4.53. The summed E-state index contributed by atoms with van der Waals surface area (Å²) in [6, 6.07) is 24.2. The van der Waals surface area contributed by atoms with Crippen LogP contribution < -0.4 is 14.8 Å². The lowest BCUT2D eigenvalue weighted by Crippen LogP contribution is -2.11. The number of benzene rings is 4. The molecule has 0 saturated carbocycles. The van der Waals surface area contributed by atoms with Gasteiger partial charge in [-0.15, -0.1) is 0 Å². The summed E-state index contributed by atoms with van der Waals surface area (Å²) in [5.74, 6) is 0.165. The van der Waals surface area contributed by atoms with Crippen molar-refractivity contribution >= 4 is 22.4 Å². The Morgan fingerprint density at radius 1 is 0.977 bits per heavy atom. The van der Waals surface area contributed by atoms with Gasteiger partial charge in [0.25, 0.3) is 0 Å². The van der Waals surface area contributed by atoms with Gasteiger partial charge in [0.15, 0.2) is 0 Å². The van der Waals surface area contributed by atoms with Gasteiger partial charge in [-0.1, -0.05) is 30.3 Å². The number of fused-ring (bicyclic) bond motifs is 1. The molecule has 0 spiro atoms. The van der Waals surface area contributed by atoms with Crippen LogP contribution in [0.25, 0.3) is 33.3 Å². The molecule has 1 aromatic heterocycles. The van der Waals surface area contributed by atoms with Gasteiger partial charge in [0.1, 0.15) is 11.5 Å². The van der Waals surface area contributed by atoms with E-state index in [1.54, 1.807) is 20.1 Å². The lowest BCUT2D eigenvalue weighted by Gasteiger charge is -2.18. The molecule has 5 aromatic rings. The van der Waals surface area contributed by atoms with Crippen LogP contribution >= 0.6 is 0 Å². The van der Waals surface area contributed by atoms with Gasteiger partial charge < -0.3 is 19.9 Å². The van der Waals surface area contributed by atoms with Crippen LogP contribution in [0.3, 0.4) is 0 Å². The third-order valence-corrected chi connectivity index (χ3v) is 7.39. The Kier molecular flexibility index (Phi) is 8.80. The van der Waals surface area contributed by atoms with Crippen molar-refractivity contribution in [1.82, 2.24) is 9.78 Å². The minimum atomic E-state index is -4.53. The summed E-state index contributed by atoms with van der Waals surface area (Å²) in [5, 5.41) is 18.8. The number of nitrogens with zero attached hydrogens (tertiary/aromatic N) is 2. The Balaban J connectivity index is 1.61. The fourth-order valence-electron chi connectivity index (χ4n) is 5.07. The van der Waals surface area contributed by atoms with E-state index < -0.39 is 17.7 Å². The maximum absolute atomic E-state index is 13.7. The van der Waals surface area contributed by atoms with Gasteiger partial charge in [-0.3, -0.25) is 9.48 Å². The highest BCUT2D eigenvalue weighted by molar-refractivity contribution is 5.88. The summed E-state index contributed by atoms with van der Waals surface area (Å²) in [7, 11) is 1.61. The van der Waals surface area contributed by atoms with Crippen LogP contribution in [0, 0.1) is 0 Å². The molecule has 0 bridgehead atoms. The molecule has 44 heavy (non-hydrogen) atoms. The number of nitrogens with one attached hydrogen (secondary N) is 1. The quantitative estimate of drug-likeness (QED) is 0.158. The van der Waals surface area contributed by atoms with E-state index in [-0.39, 0.29) is 24.6 Å². The number of hydrogen-bond acceptors (Lipinski definition) is 5. The molecule has 4 aromatic carbocycles. The van der Waals surface area contributed by atoms with Gasteiger partial charge in [-0.25, -0.2) is 0 Å². The van der Waals surface area contributed by atoms with Gasteiger partial charge in [0.05, 0.1) is 43.1 Å². The van der Waals surface area contributed by atoms with Crippen LogP contribution in [-0.2, 0) is 11.0 Å². The molecule has 0 aliphatic rings.